The van der Waals surface area contributed by atoms with Crippen LogP contribution in [0.25, 0.3) is 0 Å². The standard InChI is InChI=1S/C22H40N4O4/c1(5-25(11-19-15-27-19)12-20-16-28-20)3-23-7-9-24(10-8-23)4-2-6-26(13-21-17-29-21)14-22-18-30-22/h19-22H,1-18H2. The molecule has 30 heavy (non-hydrogen) atoms. The van der Waals surface area contributed by atoms with Gasteiger partial charge in [-0.05, 0) is 39.0 Å². The fourth-order valence-corrected chi connectivity index (χ4v) is 4.63. The Balaban J connectivity index is 0.919. The van der Waals surface area contributed by atoms with Gasteiger partial charge in [0.05, 0.1) is 50.8 Å². The third-order valence-corrected chi connectivity index (χ3v) is 6.82. The summed E-state index contributed by atoms with van der Waals surface area (Å²) in [6.07, 6.45) is 4.43. The first-order valence-electron chi connectivity index (χ1n) is 12.2. The van der Waals surface area contributed by atoms with Crippen LogP contribution in [0.15, 0.2) is 0 Å². The summed E-state index contributed by atoms with van der Waals surface area (Å²) in [6.45, 7) is 17.8. The molecule has 4 unspecified atom stereocenters. The number of ether oxygens (including phenoxy) is 4. The molecule has 0 aromatic rings. The highest BCUT2D eigenvalue weighted by Gasteiger charge is 2.31. The van der Waals surface area contributed by atoms with E-state index in [2.05, 4.69) is 19.6 Å². The van der Waals surface area contributed by atoms with Gasteiger partial charge < -0.3 is 28.7 Å². The van der Waals surface area contributed by atoms with Crippen LogP contribution in [0.3, 0.4) is 0 Å². The van der Waals surface area contributed by atoms with Gasteiger partial charge in [0, 0.05) is 52.4 Å². The van der Waals surface area contributed by atoms with Gasteiger partial charge >= 0.3 is 0 Å². The van der Waals surface area contributed by atoms with Crippen molar-refractivity contribution < 1.29 is 18.9 Å². The predicted octanol–water partition coefficient (Wildman–Crippen LogP) is -0.417. The molecule has 0 aromatic heterocycles. The van der Waals surface area contributed by atoms with Gasteiger partial charge in [0.1, 0.15) is 0 Å². The molecule has 5 fully saturated rings. The van der Waals surface area contributed by atoms with Gasteiger partial charge in [-0.15, -0.1) is 0 Å². The quantitative estimate of drug-likeness (QED) is 0.310. The predicted molar refractivity (Wildman–Crippen MR) is 114 cm³/mol. The summed E-state index contributed by atoms with van der Waals surface area (Å²) in [5.74, 6) is 0. The van der Waals surface area contributed by atoms with Gasteiger partial charge in [-0.25, -0.2) is 0 Å². The molecule has 0 N–H and O–H groups in total. The van der Waals surface area contributed by atoms with Crippen LogP contribution in [-0.2, 0) is 18.9 Å². The molecule has 0 bridgehead atoms. The number of nitrogens with zero attached hydrogens (tertiary/aromatic N) is 4. The Labute approximate surface area is 181 Å². The van der Waals surface area contributed by atoms with Crippen molar-refractivity contribution in [2.24, 2.45) is 0 Å². The maximum absolute atomic E-state index is 5.43. The second kappa shape index (κ2) is 10.5. The summed E-state index contributed by atoms with van der Waals surface area (Å²) >= 11 is 0. The maximum Gasteiger partial charge on any atom is 0.0936 e. The lowest BCUT2D eigenvalue weighted by Gasteiger charge is -2.35. The number of hydrogen-bond acceptors (Lipinski definition) is 8. The molecule has 0 aliphatic carbocycles. The fourth-order valence-electron chi connectivity index (χ4n) is 4.63. The lowest BCUT2D eigenvalue weighted by molar-refractivity contribution is 0.119. The molecule has 0 radical (unpaired) electrons. The molecule has 0 aromatic carbocycles. The maximum atomic E-state index is 5.43. The Hall–Kier alpha value is -0.320. The van der Waals surface area contributed by atoms with Crippen molar-refractivity contribution in [2.45, 2.75) is 37.3 Å². The minimum absolute atomic E-state index is 0.483. The fraction of sp³-hybridized carbons (Fsp3) is 1.00. The Bertz CT molecular complexity index is 443. The minimum Gasteiger partial charge on any atom is -0.372 e. The Morgan fingerprint density at radius 1 is 0.533 bits per heavy atom. The Morgan fingerprint density at radius 3 is 1.10 bits per heavy atom. The lowest BCUT2D eigenvalue weighted by Crippen LogP contribution is -2.47. The average Bonchev–Trinajstić information content (AvgIpc) is 3.56. The molecule has 8 heteroatoms. The highest BCUT2D eigenvalue weighted by molar-refractivity contribution is 4.82. The zero-order valence-electron chi connectivity index (χ0n) is 18.5. The average molecular weight is 425 g/mol. The summed E-state index contributed by atoms with van der Waals surface area (Å²) in [5.41, 5.74) is 0. The molecule has 4 atom stereocenters. The van der Waals surface area contributed by atoms with Crippen LogP contribution < -0.4 is 0 Å². The number of piperazine rings is 1. The smallest absolute Gasteiger partial charge is 0.0936 e. The molecular formula is C22H40N4O4. The van der Waals surface area contributed by atoms with Gasteiger partial charge in [0.25, 0.3) is 0 Å². The SMILES string of the molecule is C(CN1CCN(CCCN(CC2CO2)CC2CO2)CC1)CN(CC1CO1)CC1CO1. The summed E-state index contributed by atoms with van der Waals surface area (Å²) < 4.78 is 21.7. The van der Waals surface area contributed by atoms with Crippen LogP contribution in [-0.4, -0.2) is 149 Å². The zero-order valence-corrected chi connectivity index (χ0v) is 18.5. The van der Waals surface area contributed by atoms with Gasteiger partial charge in [0.2, 0.25) is 0 Å². The first-order valence-corrected chi connectivity index (χ1v) is 12.2. The van der Waals surface area contributed by atoms with Crippen molar-refractivity contribution in [3.05, 3.63) is 0 Å². The van der Waals surface area contributed by atoms with Crippen molar-refractivity contribution >= 4 is 0 Å². The molecular weight excluding hydrogens is 384 g/mol. The van der Waals surface area contributed by atoms with E-state index in [1.807, 2.05) is 0 Å². The molecule has 0 spiro atoms. The third kappa shape index (κ3) is 7.98. The summed E-state index contributed by atoms with van der Waals surface area (Å²) in [4.78, 5) is 10.4. The summed E-state index contributed by atoms with van der Waals surface area (Å²) in [7, 11) is 0. The van der Waals surface area contributed by atoms with E-state index in [1.165, 1.54) is 65.2 Å². The van der Waals surface area contributed by atoms with Crippen LogP contribution >= 0.6 is 0 Å². The topological polar surface area (TPSA) is 63.1 Å². The first-order chi connectivity index (χ1) is 14.8. The van der Waals surface area contributed by atoms with Crippen molar-refractivity contribution in [1.82, 2.24) is 19.6 Å². The van der Waals surface area contributed by atoms with E-state index in [1.54, 1.807) is 0 Å². The van der Waals surface area contributed by atoms with E-state index in [0.29, 0.717) is 24.4 Å². The van der Waals surface area contributed by atoms with E-state index in [0.717, 1.165) is 52.6 Å². The van der Waals surface area contributed by atoms with E-state index < -0.39 is 0 Å². The molecule has 5 aliphatic rings. The van der Waals surface area contributed by atoms with Crippen LogP contribution in [0.4, 0.5) is 0 Å². The molecule has 5 saturated heterocycles. The number of epoxide rings is 4. The van der Waals surface area contributed by atoms with E-state index in [4.69, 9.17) is 18.9 Å². The van der Waals surface area contributed by atoms with Crippen LogP contribution in [0, 0.1) is 0 Å². The second-order valence-corrected chi connectivity index (χ2v) is 9.73. The summed E-state index contributed by atoms with van der Waals surface area (Å²) in [6, 6.07) is 0. The summed E-state index contributed by atoms with van der Waals surface area (Å²) in [5, 5.41) is 0. The van der Waals surface area contributed by atoms with Crippen molar-refractivity contribution in [3.8, 4) is 0 Å². The minimum atomic E-state index is 0.483. The monoisotopic (exact) mass is 424 g/mol. The largest absolute Gasteiger partial charge is 0.372 e. The molecule has 172 valence electrons. The van der Waals surface area contributed by atoms with E-state index >= 15 is 0 Å². The van der Waals surface area contributed by atoms with Gasteiger partial charge in [-0.1, -0.05) is 0 Å². The number of rotatable bonds is 16. The second-order valence-electron chi connectivity index (χ2n) is 9.73. The van der Waals surface area contributed by atoms with Crippen molar-refractivity contribution in [2.75, 3.05) is 105 Å². The highest BCUT2D eigenvalue weighted by atomic mass is 16.6. The highest BCUT2D eigenvalue weighted by Crippen LogP contribution is 2.17. The molecule has 5 rings (SSSR count). The first kappa shape index (κ1) is 21.5. The Kier molecular flexibility index (Phi) is 7.55. The van der Waals surface area contributed by atoms with Gasteiger partial charge in [-0.3, -0.25) is 9.80 Å². The molecule has 0 amide bonds. The number of hydrogen-bond donors (Lipinski definition) is 0. The van der Waals surface area contributed by atoms with Crippen molar-refractivity contribution in [3.63, 3.8) is 0 Å². The van der Waals surface area contributed by atoms with Crippen LogP contribution in [0.2, 0.25) is 0 Å². The molecule has 5 heterocycles. The molecule has 0 saturated carbocycles. The zero-order chi connectivity index (χ0) is 20.2. The third-order valence-electron chi connectivity index (χ3n) is 6.82. The van der Waals surface area contributed by atoms with Crippen molar-refractivity contribution in [1.29, 1.82) is 0 Å². The van der Waals surface area contributed by atoms with Gasteiger partial charge in [0.15, 0.2) is 0 Å². The Morgan fingerprint density at radius 2 is 0.833 bits per heavy atom. The van der Waals surface area contributed by atoms with E-state index in [9.17, 15) is 0 Å². The molecule has 5 aliphatic heterocycles. The normalized spacial score (nSPS) is 33.4. The molecule has 8 nitrogen and oxygen atoms in total. The van der Waals surface area contributed by atoms with Crippen LogP contribution in [0.1, 0.15) is 12.8 Å². The van der Waals surface area contributed by atoms with Crippen LogP contribution in [0.5, 0.6) is 0 Å². The van der Waals surface area contributed by atoms with Gasteiger partial charge in [-0.2, -0.15) is 0 Å². The lowest BCUT2D eigenvalue weighted by atomic mass is 10.2. The van der Waals surface area contributed by atoms with E-state index in [-0.39, 0.29) is 0 Å².